The minimum atomic E-state index is 0.350. The number of fused-ring (bicyclic) bond motifs is 1. The Bertz CT molecular complexity index is 873. The summed E-state index contributed by atoms with van der Waals surface area (Å²) in [6, 6.07) is 33.7. The molecule has 4 rings (SSSR count). The van der Waals surface area contributed by atoms with E-state index in [-0.39, 0.29) is 0 Å². The smallest absolute Gasteiger partial charge is 0.123 e. The van der Waals surface area contributed by atoms with Crippen LogP contribution >= 0.6 is 0 Å². The van der Waals surface area contributed by atoms with Crippen LogP contribution in [0, 0.1) is 0 Å². The van der Waals surface area contributed by atoms with Crippen LogP contribution in [-0.4, -0.2) is 5.11 Å². The first-order chi connectivity index (χ1) is 12.8. The largest absolute Gasteiger partial charge is 0.507 e. The van der Waals surface area contributed by atoms with E-state index in [0.29, 0.717) is 19.0 Å². The molecule has 130 valence electrons. The fourth-order valence-corrected chi connectivity index (χ4v) is 2.64. The van der Waals surface area contributed by atoms with Gasteiger partial charge < -0.3 is 9.84 Å². The van der Waals surface area contributed by atoms with Crippen molar-refractivity contribution >= 4 is 10.8 Å². The minimum Gasteiger partial charge on any atom is -0.507 e. The molecule has 0 atom stereocenters. The molecule has 26 heavy (non-hydrogen) atoms. The van der Waals surface area contributed by atoms with Gasteiger partial charge in [-0.15, -0.1) is 0 Å². The maximum atomic E-state index is 9.37. The molecule has 0 bridgehead atoms. The van der Waals surface area contributed by atoms with E-state index in [9.17, 15) is 5.11 Å². The quantitative estimate of drug-likeness (QED) is 0.496. The van der Waals surface area contributed by atoms with Gasteiger partial charge in [-0.05, 0) is 22.6 Å². The summed E-state index contributed by atoms with van der Waals surface area (Å²) in [7, 11) is 0. The van der Waals surface area contributed by atoms with Crippen molar-refractivity contribution in [1.82, 2.24) is 0 Å². The van der Waals surface area contributed by atoms with Crippen LogP contribution in [0.5, 0.6) is 5.75 Å². The van der Waals surface area contributed by atoms with E-state index in [2.05, 4.69) is 24.3 Å². The van der Waals surface area contributed by atoms with Gasteiger partial charge in [0.05, 0.1) is 13.2 Å². The lowest BCUT2D eigenvalue weighted by atomic mass is 10.1. The van der Waals surface area contributed by atoms with Gasteiger partial charge in [-0.3, -0.25) is 0 Å². The zero-order chi connectivity index (χ0) is 18.0. The van der Waals surface area contributed by atoms with Gasteiger partial charge in [0.25, 0.3) is 0 Å². The highest BCUT2D eigenvalue weighted by atomic mass is 16.5. The summed E-state index contributed by atoms with van der Waals surface area (Å²) in [5, 5.41) is 11.4. The zero-order valence-electron chi connectivity index (χ0n) is 14.6. The second-order valence-electron chi connectivity index (χ2n) is 5.96. The van der Waals surface area contributed by atoms with Crippen LogP contribution in [0.4, 0.5) is 0 Å². The normalized spacial score (nSPS) is 10.2. The van der Waals surface area contributed by atoms with Crippen LogP contribution in [0.1, 0.15) is 11.1 Å². The lowest BCUT2D eigenvalue weighted by Crippen LogP contribution is -1.93. The van der Waals surface area contributed by atoms with Crippen LogP contribution < -0.4 is 0 Å². The van der Waals surface area contributed by atoms with Crippen molar-refractivity contribution in [1.29, 1.82) is 0 Å². The molecule has 0 spiro atoms. The van der Waals surface area contributed by atoms with Gasteiger partial charge >= 0.3 is 0 Å². The van der Waals surface area contributed by atoms with Crippen LogP contribution in [0.3, 0.4) is 0 Å². The molecule has 0 amide bonds. The number of hydrogen-bond donors (Lipinski definition) is 1. The standard InChI is InChI=1S/C14H14O.C10H8O/c1-3-7-13(8-4-1)11-15-12-14-9-5-2-6-10-14;11-10-7-3-5-8-4-1-2-6-9(8)10/h1-10H,11-12H2;1-7,11H. The Hall–Kier alpha value is -3.10. The Morgan fingerprint density at radius 3 is 1.62 bits per heavy atom. The summed E-state index contributed by atoms with van der Waals surface area (Å²) >= 11 is 0. The lowest BCUT2D eigenvalue weighted by molar-refractivity contribution is 0.107. The van der Waals surface area contributed by atoms with E-state index in [1.807, 2.05) is 72.8 Å². The summed E-state index contributed by atoms with van der Waals surface area (Å²) in [4.78, 5) is 0. The van der Waals surface area contributed by atoms with Crippen molar-refractivity contribution in [3.63, 3.8) is 0 Å². The van der Waals surface area contributed by atoms with Gasteiger partial charge in [0.15, 0.2) is 0 Å². The zero-order valence-corrected chi connectivity index (χ0v) is 14.6. The molecule has 0 aliphatic rings. The molecule has 0 saturated carbocycles. The Kier molecular flexibility index (Phi) is 6.40. The Morgan fingerprint density at radius 1 is 0.538 bits per heavy atom. The molecule has 2 heteroatoms. The highest BCUT2D eigenvalue weighted by Crippen LogP contribution is 2.22. The lowest BCUT2D eigenvalue weighted by Gasteiger charge is -2.03. The molecule has 0 saturated heterocycles. The van der Waals surface area contributed by atoms with Crippen molar-refractivity contribution in [3.05, 3.63) is 114 Å². The monoisotopic (exact) mass is 342 g/mol. The number of ether oxygens (including phenoxy) is 1. The number of phenolic OH excluding ortho intramolecular Hbond substituents is 1. The molecule has 1 N–H and O–H groups in total. The first kappa shape index (κ1) is 17.7. The van der Waals surface area contributed by atoms with Gasteiger partial charge in [-0.2, -0.15) is 0 Å². The van der Waals surface area contributed by atoms with Crippen molar-refractivity contribution in [2.75, 3.05) is 0 Å². The maximum absolute atomic E-state index is 9.37. The predicted molar refractivity (Wildman–Crippen MR) is 107 cm³/mol. The third kappa shape index (κ3) is 5.20. The van der Waals surface area contributed by atoms with Crippen molar-refractivity contribution < 1.29 is 9.84 Å². The van der Waals surface area contributed by atoms with Gasteiger partial charge in [-0.1, -0.05) is 97.1 Å². The SMILES string of the molecule is Oc1cccc2ccccc12.c1ccc(COCc2ccccc2)cc1. The van der Waals surface area contributed by atoms with E-state index in [0.717, 1.165) is 10.8 Å². The number of benzene rings is 4. The summed E-state index contributed by atoms with van der Waals surface area (Å²) in [5.74, 6) is 0.350. The molecule has 0 unspecified atom stereocenters. The van der Waals surface area contributed by atoms with Crippen LogP contribution in [0.2, 0.25) is 0 Å². The fraction of sp³-hybridized carbons (Fsp3) is 0.0833. The second kappa shape index (κ2) is 9.40. The topological polar surface area (TPSA) is 29.5 Å². The molecular weight excluding hydrogens is 320 g/mol. The van der Waals surface area contributed by atoms with Gasteiger partial charge in [0, 0.05) is 5.39 Å². The molecule has 4 aromatic rings. The van der Waals surface area contributed by atoms with Crippen molar-refractivity contribution in [2.45, 2.75) is 13.2 Å². The van der Waals surface area contributed by atoms with Crippen LogP contribution in [0.15, 0.2) is 103 Å². The Morgan fingerprint density at radius 2 is 1.04 bits per heavy atom. The summed E-state index contributed by atoms with van der Waals surface area (Å²) in [6.07, 6.45) is 0. The highest BCUT2D eigenvalue weighted by molar-refractivity contribution is 5.87. The van der Waals surface area contributed by atoms with E-state index in [1.165, 1.54) is 11.1 Å². The molecule has 4 aromatic carbocycles. The van der Waals surface area contributed by atoms with Gasteiger partial charge in [0.1, 0.15) is 5.75 Å². The third-order valence-corrected chi connectivity index (χ3v) is 3.99. The molecule has 0 aliphatic heterocycles. The molecule has 0 aliphatic carbocycles. The fourth-order valence-electron chi connectivity index (χ4n) is 2.64. The number of aromatic hydroxyl groups is 1. The van der Waals surface area contributed by atoms with Gasteiger partial charge in [0.2, 0.25) is 0 Å². The Labute approximate surface area is 154 Å². The summed E-state index contributed by atoms with van der Waals surface area (Å²) < 4.78 is 5.61. The summed E-state index contributed by atoms with van der Waals surface area (Å²) in [6.45, 7) is 1.35. The van der Waals surface area contributed by atoms with E-state index < -0.39 is 0 Å². The van der Waals surface area contributed by atoms with Crippen LogP contribution in [0.25, 0.3) is 10.8 Å². The molecule has 2 nitrogen and oxygen atoms in total. The van der Waals surface area contributed by atoms with E-state index in [4.69, 9.17) is 4.74 Å². The number of hydrogen-bond acceptors (Lipinski definition) is 2. The number of phenols is 1. The maximum Gasteiger partial charge on any atom is 0.123 e. The second-order valence-corrected chi connectivity index (χ2v) is 5.96. The molecule has 0 aromatic heterocycles. The predicted octanol–water partition coefficient (Wildman–Crippen LogP) is 5.95. The average Bonchev–Trinajstić information content (AvgIpc) is 2.71. The van der Waals surface area contributed by atoms with E-state index in [1.54, 1.807) is 6.07 Å². The Balaban J connectivity index is 0.000000158. The average molecular weight is 342 g/mol. The molecular formula is C24H22O2. The first-order valence-electron chi connectivity index (χ1n) is 8.65. The van der Waals surface area contributed by atoms with Crippen molar-refractivity contribution in [3.8, 4) is 5.75 Å². The first-order valence-corrected chi connectivity index (χ1v) is 8.65. The number of rotatable bonds is 4. The molecule has 0 heterocycles. The highest BCUT2D eigenvalue weighted by Gasteiger charge is 1.95. The minimum absolute atomic E-state index is 0.350. The summed E-state index contributed by atoms with van der Waals surface area (Å²) in [5.41, 5.74) is 2.43. The van der Waals surface area contributed by atoms with Crippen LogP contribution in [-0.2, 0) is 18.0 Å². The van der Waals surface area contributed by atoms with E-state index >= 15 is 0 Å². The van der Waals surface area contributed by atoms with Crippen molar-refractivity contribution in [2.24, 2.45) is 0 Å². The van der Waals surface area contributed by atoms with Gasteiger partial charge in [-0.25, -0.2) is 0 Å². The molecule has 0 fully saturated rings. The molecule has 0 radical (unpaired) electrons. The third-order valence-electron chi connectivity index (χ3n) is 3.99.